The lowest BCUT2D eigenvalue weighted by atomic mass is 9.94. The summed E-state index contributed by atoms with van der Waals surface area (Å²) in [4.78, 5) is 13.2. The maximum absolute atomic E-state index is 11.0. The summed E-state index contributed by atoms with van der Waals surface area (Å²) in [6.07, 6.45) is 1.97. The van der Waals surface area contributed by atoms with Gasteiger partial charge in [-0.3, -0.25) is 4.79 Å². The highest BCUT2D eigenvalue weighted by Crippen LogP contribution is 2.24. The summed E-state index contributed by atoms with van der Waals surface area (Å²) in [5, 5.41) is 10.4. The van der Waals surface area contributed by atoms with Gasteiger partial charge in [0.05, 0.1) is 13.2 Å². The Morgan fingerprint density at radius 3 is 3.10 bits per heavy atom. The Bertz CT molecular complexity index is 478. The first kappa shape index (κ1) is 15.8. The van der Waals surface area contributed by atoms with Crippen molar-refractivity contribution in [2.75, 3.05) is 26.7 Å². The summed E-state index contributed by atoms with van der Waals surface area (Å²) in [6.45, 7) is 2.35. The van der Waals surface area contributed by atoms with Gasteiger partial charge in [0.2, 0.25) is 5.91 Å². The first-order valence-electron chi connectivity index (χ1n) is 7.41. The third kappa shape index (κ3) is 4.72. The number of carbonyl (C=O) groups excluding carboxylic acids is 1. The van der Waals surface area contributed by atoms with E-state index < -0.39 is 6.10 Å². The lowest BCUT2D eigenvalue weighted by Gasteiger charge is -2.33. The van der Waals surface area contributed by atoms with E-state index in [1.807, 2.05) is 24.3 Å². The molecule has 1 fully saturated rings. The Labute approximate surface area is 125 Å². The van der Waals surface area contributed by atoms with E-state index in [1.165, 1.54) is 0 Å². The molecule has 1 aromatic carbocycles. The van der Waals surface area contributed by atoms with E-state index in [-0.39, 0.29) is 5.91 Å². The van der Waals surface area contributed by atoms with Crippen LogP contribution in [0.1, 0.15) is 30.9 Å². The average Bonchev–Trinajstić information content (AvgIpc) is 2.47. The van der Waals surface area contributed by atoms with Crippen molar-refractivity contribution in [3.05, 3.63) is 29.8 Å². The molecule has 0 radical (unpaired) electrons. The summed E-state index contributed by atoms with van der Waals surface area (Å²) in [6, 6.07) is 7.50. The molecule has 21 heavy (non-hydrogen) atoms. The summed E-state index contributed by atoms with van der Waals surface area (Å²) in [5.41, 5.74) is 6.13. The fraction of sp³-hybridized carbons (Fsp3) is 0.562. The highest BCUT2D eigenvalue weighted by molar-refractivity contribution is 5.74. The first-order chi connectivity index (χ1) is 10.1. The number of aliphatic hydroxyl groups excluding tert-OH is 1. The fourth-order valence-electron chi connectivity index (χ4n) is 2.97. The van der Waals surface area contributed by atoms with Gasteiger partial charge in [-0.1, -0.05) is 12.1 Å². The molecule has 1 aromatic rings. The molecule has 1 aliphatic heterocycles. The normalized spacial score (nSPS) is 21.0. The highest BCUT2D eigenvalue weighted by Gasteiger charge is 2.23. The van der Waals surface area contributed by atoms with Crippen LogP contribution in [0, 0.1) is 5.92 Å². The lowest BCUT2D eigenvalue weighted by Crippen LogP contribution is -2.39. The number of hydrogen-bond donors (Lipinski definition) is 2. The molecule has 5 nitrogen and oxygen atoms in total. The van der Waals surface area contributed by atoms with E-state index in [4.69, 9.17) is 10.5 Å². The summed E-state index contributed by atoms with van der Waals surface area (Å²) < 4.78 is 5.18. The number of rotatable bonds is 6. The van der Waals surface area contributed by atoms with Crippen LogP contribution in [0.2, 0.25) is 0 Å². The molecular weight excluding hydrogens is 268 g/mol. The second-order valence-corrected chi connectivity index (χ2v) is 5.73. The van der Waals surface area contributed by atoms with Crippen molar-refractivity contribution in [2.45, 2.75) is 25.4 Å². The molecule has 0 bridgehead atoms. The average molecular weight is 292 g/mol. The zero-order valence-corrected chi connectivity index (χ0v) is 12.5. The third-order valence-electron chi connectivity index (χ3n) is 4.00. The highest BCUT2D eigenvalue weighted by atomic mass is 16.5. The minimum absolute atomic E-state index is 0.241. The summed E-state index contributed by atoms with van der Waals surface area (Å²) >= 11 is 0. The number of nitrogens with two attached hydrogens (primary N) is 1. The summed E-state index contributed by atoms with van der Waals surface area (Å²) in [5.74, 6) is 0.820. The number of hydrogen-bond acceptors (Lipinski definition) is 4. The maximum atomic E-state index is 11.0. The molecular formula is C16H24N2O3. The number of ether oxygens (including phenoxy) is 1. The monoisotopic (exact) mass is 292 g/mol. The predicted octanol–water partition coefficient (Wildman–Crippen LogP) is 1.32. The van der Waals surface area contributed by atoms with E-state index in [2.05, 4.69) is 4.90 Å². The molecule has 0 spiro atoms. The van der Waals surface area contributed by atoms with Gasteiger partial charge in [0, 0.05) is 19.5 Å². The van der Waals surface area contributed by atoms with Crippen molar-refractivity contribution in [2.24, 2.45) is 11.7 Å². The van der Waals surface area contributed by atoms with Crippen LogP contribution in [0.3, 0.4) is 0 Å². The Morgan fingerprint density at radius 2 is 2.38 bits per heavy atom. The third-order valence-corrected chi connectivity index (χ3v) is 4.00. The van der Waals surface area contributed by atoms with Crippen molar-refractivity contribution in [1.29, 1.82) is 0 Å². The van der Waals surface area contributed by atoms with Gasteiger partial charge in [0.1, 0.15) is 5.75 Å². The minimum Gasteiger partial charge on any atom is -0.497 e. The molecule has 1 saturated heterocycles. The topological polar surface area (TPSA) is 75.8 Å². The van der Waals surface area contributed by atoms with Crippen LogP contribution in [0.5, 0.6) is 5.75 Å². The van der Waals surface area contributed by atoms with Crippen LogP contribution in [-0.2, 0) is 4.79 Å². The molecule has 0 aromatic heterocycles. The number of methoxy groups -OCH3 is 1. The molecule has 0 saturated carbocycles. The second kappa shape index (κ2) is 7.43. The number of likely N-dealkylation sites (tertiary alicyclic amines) is 1. The number of benzene rings is 1. The van der Waals surface area contributed by atoms with Crippen LogP contribution in [0.15, 0.2) is 24.3 Å². The first-order valence-corrected chi connectivity index (χ1v) is 7.41. The van der Waals surface area contributed by atoms with Crippen LogP contribution in [0.4, 0.5) is 0 Å². The molecule has 3 N–H and O–H groups in total. The Kier molecular flexibility index (Phi) is 5.59. The van der Waals surface area contributed by atoms with E-state index in [1.54, 1.807) is 7.11 Å². The lowest BCUT2D eigenvalue weighted by molar-refractivity contribution is -0.119. The second-order valence-electron chi connectivity index (χ2n) is 5.73. The predicted molar refractivity (Wildman–Crippen MR) is 80.9 cm³/mol. The zero-order valence-electron chi connectivity index (χ0n) is 12.5. The van der Waals surface area contributed by atoms with Gasteiger partial charge in [-0.05, 0) is 43.0 Å². The smallest absolute Gasteiger partial charge is 0.217 e. The molecule has 116 valence electrons. The fourth-order valence-corrected chi connectivity index (χ4v) is 2.97. The van der Waals surface area contributed by atoms with E-state index >= 15 is 0 Å². The van der Waals surface area contributed by atoms with Crippen LogP contribution in [0.25, 0.3) is 0 Å². The molecule has 2 unspecified atom stereocenters. The van der Waals surface area contributed by atoms with Gasteiger partial charge in [0.15, 0.2) is 0 Å². The SMILES string of the molecule is COc1cccc(C(O)CN2CCCC(CC(N)=O)C2)c1. The number of nitrogens with zero attached hydrogens (tertiary/aromatic N) is 1. The van der Waals surface area contributed by atoms with Crippen molar-refractivity contribution in [3.63, 3.8) is 0 Å². The van der Waals surface area contributed by atoms with Gasteiger partial charge in [-0.15, -0.1) is 0 Å². The van der Waals surface area contributed by atoms with Gasteiger partial charge in [-0.25, -0.2) is 0 Å². The van der Waals surface area contributed by atoms with Gasteiger partial charge in [-0.2, -0.15) is 0 Å². The number of primary amides is 1. The molecule has 0 aliphatic carbocycles. The minimum atomic E-state index is -0.549. The van der Waals surface area contributed by atoms with E-state index in [0.29, 0.717) is 18.9 Å². The van der Waals surface area contributed by atoms with Crippen molar-refractivity contribution in [1.82, 2.24) is 4.90 Å². The molecule has 1 amide bonds. The number of carbonyl (C=O) groups is 1. The van der Waals surface area contributed by atoms with Gasteiger partial charge >= 0.3 is 0 Å². The number of amides is 1. The Morgan fingerprint density at radius 1 is 1.57 bits per heavy atom. The number of β-amino-alcohol motifs (C(OH)–C–C–N with tert-alkyl or cyclic N) is 1. The molecule has 2 atom stereocenters. The van der Waals surface area contributed by atoms with Crippen molar-refractivity contribution < 1.29 is 14.6 Å². The Balaban J connectivity index is 1.92. The largest absolute Gasteiger partial charge is 0.497 e. The number of aliphatic hydroxyl groups is 1. The quantitative estimate of drug-likeness (QED) is 0.829. The molecule has 2 rings (SSSR count). The van der Waals surface area contributed by atoms with Crippen LogP contribution < -0.4 is 10.5 Å². The number of piperidine rings is 1. The van der Waals surface area contributed by atoms with Crippen LogP contribution in [-0.4, -0.2) is 42.7 Å². The van der Waals surface area contributed by atoms with Gasteiger partial charge in [0.25, 0.3) is 0 Å². The Hall–Kier alpha value is -1.59. The maximum Gasteiger partial charge on any atom is 0.217 e. The van der Waals surface area contributed by atoms with Crippen LogP contribution >= 0.6 is 0 Å². The van der Waals surface area contributed by atoms with Gasteiger partial charge < -0.3 is 20.5 Å². The molecule has 5 heteroatoms. The summed E-state index contributed by atoms with van der Waals surface area (Å²) in [7, 11) is 1.62. The molecule has 1 heterocycles. The van der Waals surface area contributed by atoms with E-state index in [9.17, 15) is 9.90 Å². The molecule has 1 aliphatic rings. The zero-order chi connectivity index (χ0) is 15.2. The standard InChI is InChI=1S/C16H24N2O3/c1-21-14-6-2-5-13(9-14)15(19)11-18-7-3-4-12(10-18)8-16(17)20/h2,5-6,9,12,15,19H,3-4,7-8,10-11H2,1H3,(H2,17,20). The van der Waals surface area contributed by atoms with Crippen molar-refractivity contribution in [3.8, 4) is 5.75 Å². The van der Waals surface area contributed by atoms with Crippen molar-refractivity contribution >= 4 is 5.91 Å². The van der Waals surface area contributed by atoms with E-state index in [0.717, 1.165) is 37.2 Å².